The topological polar surface area (TPSA) is 50.2 Å². The number of fused-ring (bicyclic) bond motifs is 1. The number of aliphatic carboxylic acids is 1. The van der Waals surface area contributed by atoms with Crippen molar-refractivity contribution >= 4 is 32.7 Å². The van der Waals surface area contributed by atoms with Gasteiger partial charge in [0.2, 0.25) is 0 Å². The Balaban J connectivity index is 2.65. The monoisotopic (exact) mass is 265 g/mol. The lowest BCUT2D eigenvalue weighted by Gasteiger charge is -2.04. The molecular weight excluding hydrogens is 258 g/mol. The molecule has 0 aliphatic rings. The summed E-state index contributed by atoms with van der Waals surface area (Å²) in [6.07, 6.45) is 3.42. The SMILES string of the molecule is O=C(O)Cc1cccc2c(Br)cncc12. The highest BCUT2D eigenvalue weighted by Gasteiger charge is 2.06. The Hall–Kier alpha value is -1.42. The third-order valence-electron chi connectivity index (χ3n) is 2.19. The summed E-state index contributed by atoms with van der Waals surface area (Å²) in [4.78, 5) is 14.7. The molecule has 1 heterocycles. The summed E-state index contributed by atoms with van der Waals surface area (Å²) in [5.74, 6) is -0.831. The minimum atomic E-state index is -0.831. The molecule has 1 aromatic heterocycles. The molecular formula is C11H8BrNO2. The summed E-state index contributed by atoms with van der Waals surface area (Å²) in [7, 11) is 0. The molecule has 0 radical (unpaired) electrons. The zero-order valence-electron chi connectivity index (χ0n) is 7.77. The summed E-state index contributed by atoms with van der Waals surface area (Å²) in [6, 6.07) is 5.60. The zero-order chi connectivity index (χ0) is 10.8. The van der Waals surface area contributed by atoms with Crippen molar-refractivity contribution in [1.29, 1.82) is 0 Å². The second-order valence-electron chi connectivity index (χ2n) is 3.20. The Morgan fingerprint density at radius 3 is 2.87 bits per heavy atom. The van der Waals surface area contributed by atoms with Crippen molar-refractivity contribution in [2.24, 2.45) is 0 Å². The van der Waals surface area contributed by atoms with Gasteiger partial charge in [0.15, 0.2) is 0 Å². The Bertz CT molecular complexity index is 525. The van der Waals surface area contributed by atoms with E-state index in [0.717, 1.165) is 20.8 Å². The van der Waals surface area contributed by atoms with Gasteiger partial charge >= 0.3 is 5.97 Å². The molecule has 0 spiro atoms. The molecule has 0 aliphatic heterocycles. The second-order valence-corrected chi connectivity index (χ2v) is 4.06. The summed E-state index contributed by atoms with van der Waals surface area (Å²) in [6.45, 7) is 0. The molecule has 2 rings (SSSR count). The van der Waals surface area contributed by atoms with Gasteiger partial charge in [-0.3, -0.25) is 9.78 Å². The molecule has 4 heteroatoms. The molecule has 1 N–H and O–H groups in total. The average molecular weight is 266 g/mol. The maximum atomic E-state index is 10.7. The number of benzene rings is 1. The normalized spacial score (nSPS) is 10.5. The zero-order valence-corrected chi connectivity index (χ0v) is 9.36. The molecule has 0 unspecified atom stereocenters. The van der Waals surface area contributed by atoms with Gasteiger partial charge in [-0.1, -0.05) is 18.2 Å². The molecule has 1 aromatic carbocycles. The van der Waals surface area contributed by atoms with Crippen LogP contribution in [-0.2, 0) is 11.2 Å². The van der Waals surface area contributed by atoms with E-state index in [0.29, 0.717) is 0 Å². The Labute approximate surface area is 94.9 Å². The van der Waals surface area contributed by atoms with E-state index in [1.165, 1.54) is 0 Å². The Kier molecular flexibility index (Phi) is 2.68. The van der Waals surface area contributed by atoms with Gasteiger partial charge in [0.25, 0.3) is 0 Å². The molecule has 76 valence electrons. The maximum absolute atomic E-state index is 10.7. The van der Waals surface area contributed by atoms with Crippen LogP contribution in [0.1, 0.15) is 5.56 Å². The van der Waals surface area contributed by atoms with Crippen molar-refractivity contribution in [3.8, 4) is 0 Å². The summed E-state index contributed by atoms with van der Waals surface area (Å²) in [5.41, 5.74) is 0.786. The number of halogens is 1. The lowest BCUT2D eigenvalue weighted by Crippen LogP contribution is -2.00. The Morgan fingerprint density at radius 1 is 1.33 bits per heavy atom. The highest BCUT2D eigenvalue weighted by Crippen LogP contribution is 2.25. The van der Waals surface area contributed by atoms with Crippen LogP contribution in [0.25, 0.3) is 10.8 Å². The van der Waals surface area contributed by atoms with Gasteiger partial charge in [-0.05, 0) is 26.9 Å². The van der Waals surface area contributed by atoms with E-state index in [2.05, 4.69) is 20.9 Å². The number of carboxylic acids is 1. The fraction of sp³-hybridized carbons (Fsp3) is 0.0909. The standard InChI is InChI=1S/C11H8BrNO2/c12-10-6-13-5-9-7(4-11(14)15)2-1-3-8(9)10/h1-3,5-6H,4H2,(H,14,15). The van der Waals surface area contributed by atoms with Crippen LogP contribution in [-0.4, -0.2) is 16.1 Å². The van der Waals surface area contributed by atoms with Crippen molar-refractivity contribution < 1.29 is 9.90 Å². The third kappa shape index (κ3) is 1.99. The van der Waals surface area contributed by atoms with Crippen molar-refractivity contribution in [1.82, 2.24) is 4.98 Å². The van der Waals surface area contributed by atoms with Crippen molar-refractivity contribution in [3.63, 3.8) is 0 Å². The second kappa shape index (κ2) is 3.98. The largest absolute Gasteiger partial charge is 0.481 e. The lowest BCUT2D eigenvalue weighted by atomic mass is 10.0. The molecule has 0 aliphatic carbocycles. The van der Waals surface area contributed by atoms with E-state index in [-0.39, 0.29) is 6.42 Å². The quantitative estimate of drug-likeness (QED) is 0.908. The number of hydrogen-bond donors (Lipinski definition) is 1. The van der Waals surface area contributed by atoms with E-state index < -0.39 is 5.97 Å². The first-order valence-electron chi connectivity index (χ1n) is 4.41. The number of carbonyl (C=O) groups is 1. The van der Waals surface area contributed by atoms with E-state index in [1.807, 2.05) is 18.2 Å². The van der Waals surface area contributed by atoms with Crippen LogP contribution in [0.4, 0.5) is 0 Å². The van der Waals surface area contributed by atoms with Gasteiger partial charge in [0.05, 0.1) is 6.42 Å². The molecule has 2 aromatic rings. The van der Waals surface area contributed by atoms with E-state index in [1.54, 1.807) is 12.4 Å². The predicted molar refractivity (Wildman–Crippen MR) is 60.8 cm³/mol. The van der Waals surface area contributed by atoms with Gasteiger partial charge in [0, 0.05) is 22.3 Å². The summed E-state index contributed by atoms with van der Waals surface area (Å²) in [5, 5.41) is 10.6. The number of aromatic nitrogens is 1. The van der Waals surface area contributed by atoms with Gasteiger partial charge < -0.3 is 5.11 Å². The van der Waals surface area contributed by atoms with Crippen molar-refractivity contribution in [2.75, 3.05) is 0 Å². The van der Waals surface area contributed by atoms with Gasteiger partial charge in [-0.25, -0.2) is 0 Å². The average Bonchev–Trinajstić information content (AvgIpc) is 2.19. The lowest BCUT2D eigenvalue weighted by molar-refractivity contribution is -0.136. The number of nitrogens with zero attached hydrogens (tertiary/aromatic N) is 1. The molecule has 0 saturated heterocycles. The van der Waals surface area contributed by atoms with E-state index in [9.17, 15) is 4.79 Å². The van der Waals surface area contributed by atoms with E-state index in [4.69, 9.17) is 5.11 Å². The van der Waals surface area contributed by atoms with Crippen LogP contribution in [0.5, 0.6) is 0 Å². The highest BCUT2D eigenvalue weighted by atomic mass is 79.9. The van der Waals surface area contributed by atoms with Crippen LogP contribution < -0.4 is 0 Å². The third-order valence-corrected chi connectivity index (χ3v) is 2.82. The van der Waals surface area contributed by atoms with Crippen molar-refractivity contribution in [2.45, 2.75) is 6.42 Å². The van der Waals surface area contributed by atoms with Crippen LogP contribution in [0.15, 0.2) is 35.1 Å². The van der Waals surface area contributed by atoms with Crippen molar-refractivity contribution in [3.05, 3.63) is 40.6 Å². The molecule has 0 fully saturated rings. The molecule has 0 bridgehead atoms. The highest BCUT2D eigenvalue weighted by molar-refractivity contribution is 9.10. The fourth-order valence-electron chi connectivity index (χ4n) is 1.54. The van der Waals surface area contributed by atoms with Crippen LogP contribution in [0.2, 0.25) is 0 Å². The maximum Gasteiger partial charge on any atom is 0.307 e. The molecule has 0 amide bonds. The van der Waals surface area contributed by atoms with Crippen LogP contribution >= 0.6 is 15.9 Å². The predicted octanol–water partition coefficient (Wildman–Crippen LogP) is 2.62. The molecule has 15 heavy (non-hydrogen) atoms. The minimum absolute atomic E-state index is 0.0233. The fourth-order valence-corrected chi connectivity index (χ4v) is 2.00. The first-order chi connectivity index (χ1) is 7.18. The van der Waals surface area contributed by atoms with Crippen LogP contribution in [0.3, 0.4) is 0 Å². The minimum Gasteiger partial charge on any atom is -0.481 e. The smallest absolute Gasteiger partial charge is 0.307 e. The van der Waals surface area contributed by atoms with Gasteiger partial charge in [0.1, 0.15) is 0 Å². The summed E-state index contributed by atoms with van der Waals surface area (Å²) >= 11 is 3.39. The molecule has 3 nitrogen and oxygen atoms in total. The van der Waals surface area contributed by atoms with E-state index >= 15 is 0 Å². The van der Waals surface area contributed by atoms with Crippen LogP contribution in [0, 0.1) is 0 Å². The number of carboxylic acid groups (broad SMARTS) is 1. The Morgan fingerprint density at radius 2 is 2.13 bits per heavy atom. The number of pyridine rings is 1. The molecule has 0 saturated carbocycles. The summed E-state index contributed by atoms with van der Waals surface area (Å²) < 4.78 is 0.882. The van der Waals surface area contributed by atoms with Gasteiger partial charge in [-0.2, -0.15) is 0 Å². The number of rotatable bonds is 2. The number of hydrogen-bond acceptors (Lipinski definition) is 2. The first-order valence-corrected chi connectivity index (χ1v) is 5.20. The molecule has 0 atom stereocenters. The van der Waals surface area contributed by atoms with Gasteiger partial charge in [-0.15, -0.1) is 0 Å². The first kappa shape index (κ1) is 10.1.